The molecule has 0 saturated carbocycles. The van der Waals surface area contributed by atoms with Crippen molar-refractivity contribution in [3.8, 4) is 0 Å². The van der Waals surface area contributed by atoms with Crippen LogP contribution in [0.15, 0.2) is 23.1 Å². The number of carbonyl (C=O) groups is 1. The van der Waals surface area contributed by atoms with Gasteiger partial charge in [-0.2, -0.15) is 4.31 Å². The molecule has 0 saturated heterocycles. The quantitative estimate of drug-likeness (QED) is 0.871. The number of halogens is 2. The predicted octanol–water partition coefficient (Wildman–Crippen LogP) is 2.21. The van der Waals surface area contributed by atoms with Crippen molar-refractivity contribution in [2.45, 2.75) is 18.7 Å². The van der Waals surface area contributed by atoms with Crippen LogP contribution in [0.4, 0.5) is 4.39 Å². The molecule has 5 nitrogen and oxygen atoms in total. The zero-order valence-electron chi connectivity index (χ0n) is 11.0. The summed E-state index contributed by atoms with van der Waals surface area (Å²) in [5.74, 6) is -2.71. The fraction of sp³-hybridized carbons (Fsp3) is 0.417. The van der Waals surface area contributed by atoms with Gasteiger partial charge in [0.25, 0.3) is 0 Å². The van der Waals surface area contributed by atoms with E-state index in [-0.39, 0.29) is 23.0 Å². The number of hydrogen-bond acceptors (Lipinski definition) is 3. The van der Waals surface area contributed by atoms with Crippen molar-refractivity contribution in [2.75, 3.05) is 13.1 Å². The summed E-state index contributed by atoms with van der Waals surface area (Å²) in [6.45, 7) is 2.82. The number of carboxylic acid groups (broad SMARTS) is 1. The maximum atomic E-state index is 13.2. The fourth-order valence-electron chi connectivity index (χ4n) is 1.59. The first-order valence-electron chi connectivity index (χ1n) is 5.88. The van der Waals surface area contributed by atoms with Crippen LogP contribution in [-0.2, 0) is 14.8 Å². The van der Waals surface area contributed by atoms with Gasteiger partial charge in [-0.1, -0.05) is 25.4 Å². The van der Waals surface area contributed by atoms with E-state index in [2.05, 4.69) is 0 Å². The first-order chi connectivity index (χ1) is 9.20. The Morgan fingerprint density at radius 2 is 2.10 bits per heavy atom. The van der Waals surface area contributed by atoms with Crippen LogP contribution < -0.4 is 0 Å². The first-order valence-corrected chi connectivity index (χ1v) is 7.70. The summed E-state index contributed by atoms with van der Waals surface area (Å²) in [5, 5.41) is 8.75. The van der Waals surface area contributed by atoms with Crippen molar-refractivity contribution < 1.29 is 22.7 Å². The van der Waals surface area contributed by atoms with Gasteiger partial charge in [0.05, 0.1) is 10.9 Å². The second-order valence-corrected chi connectivity index (χ2v) is 6.58. The molecule has 0 fully saturated rings. The minimum atomic E-state index is -4.03. The number of carboxylic acids is 1. The van der Waals surface area contributed by atoms with Gasteiger partial charge in [0.1, 0.15) is 10.7 Å². The summed E-state index contributed by atoms with van der Waals surface area (Å²) in [7, 11) is -4.03. The number of nitrogens with zero attached hydrogens (tertiary/aromatic N) is 1. The smallest absolute Gasteiger partial charge is 0.307 e. The molecule has 1 aromatic carbocycles. The van der Waals surface area contributed by atoms with Gasteiger partial charge in [-0.3, -0.25) is 4.79 Å². The summed E-state index contributed by atoms with van der Waals surface area (Å²) in [5.41, 5.74) is 0. The van der Waals surface area contributed by atoms with Crippen molar-refractivity contribution in [2.24, 2.45) is 5.92 Å². The van der Waals surface area contributed by atoms with Crippen LogP contribution in [0, 0.1) is 11.7 Å². The molecule has 0 aliphatic heterocycles. The molecule has 1 unspecified atom stereocenters. The lowest BCUT2D eigenvalue weighted by atomic mass is 10.2. The Labute approximate surface area is 122 Å². The number of sulfonamides is 1. The average Bonchev–Trinajstić information content (AvgIpc) is 2.37. The van der Waals surface area contributed by atoms with E-state index in [0.29, 0.717) is 0 Å². The van der Waals surface area contributed by atoms with Crippen LogP contribution in [0.1, 0.15) is 13.8 Å². The molecule has 8 heteroatoms. The molecular formula is C12H15ClFNO4S. The Bertz CT molecular complexity index is 605. The van der Waals surface area contributed by atoms with E-state index < -0.39 is 27.7 Å². The molecule has 112 valence electrons. The van der Waals surface area contributed by atoms with Crippen LogP contribution >= 0.6 is 11.6 Å². The molecule has 0 bridgehead atoms. The monoisotopic (exact) mass is 323 g/mol. The first kappa shape index (κ1) is 16.9. The van der Waals surface area contributed by atoms with E-state index in [1.807, 2.05) is 0 Å². The van der Waals surface area contributed by atoms with Gasteiger partial charge < -0.3 is 5.11 Å². The zero-order valence-corrected chi connectivity index (χ0v) is 12.6. The summed E-state index contributed by atoms with van der Waals surface area (Å²) < 4.78 is 38.9. The average molecular weight is 324 g/mol. The Hall–Kier alpha value is -1.18. The third-order valence-corrected chi connectivity index (χ3v) is 5.19. The molecule has 0 amide bonds. The number of hydrogen-bond donors (Lipinski definition) is 1. The molecule has 1 aromatic rings. The lowest BCUT2D eigenvalue weighted by Gasteiger charge is -2.22. The maximum absolute atomic E-state index is 13.2. The minimum Gasteiger partial charge on any atom is -0.481 e. The SMILES string of the molecule is CCN(CC(C)C(=O)O)S(=O)(=O)c1cc(F)ccc1Cl. The lowest BCUT2D eigenvalue weighted by molar-refractivity contribution is -0.141. The molecule has 1 atom stereocenters. The second-order valence-electron chi connectivity index (χ2n) is 4.27. The van der Waals surface area contributed by atoms with E-state index >= 15 is 0 Å². The molecule has 0 aromatic heterocycles. The van der Waals surface area contributed by atoms with Crippen molar-refractivity contribution >= 4 is 27.6 Å². The Morgan fingerprint density at radius 3 is 2.60 bits per heavy atom. The van der Waals surface area contributed by atoms with Gasteiger partial charge in [0.2, 0.25) is 10.0 Å². The van der Waals surface area contributed by atoms with Gasteiger partial charge >= 0.3 is 5.97 Å². The van der Waals surface area contributed by atoms with Crippen LogP contribution in [0.2, 0.25) is 5.02 Å². The van der Waals surface area contributed by atoms with E-state index in [9.17, 15) is 17.6 Å². The predicted molar refractivity (Wildman–Crippen MR) is 72.6 cm³/mol. The molecule has 1 rings (SSSR count). The van der Waals surface area contributed by atoms with Crippen LogP contribution in [0.3, 0.4) is 0 Å². The molecule has 1 N–H and O–H groups in total. The van der Waals surface area contributed by atoms with E-state index in [4.69, 9.17) is 16.7 Å². The Morgan fingerprint density at radius 1 is 1.50 bits per heavy atom. The van der Waals surface area contributed by atoms with Gasteiger partial charge in [-0.15, -0.1) is 0 Å². The van der Waals surface area contributed by atoms with Crippen molar-refractivity contribution in [1.29, 1.82) is 0 Å². The largest absolute Gasteiger partial charge is 0.481 e. The minimum absolute atomic E-state index is 0.0623. The highest BCUT2D eigenvalue weighted by Gasteiger charge is 2.28. The Balaban J connectivity index is 3.18. The van der Waals surface area contributed by atoms with Gasteiger partial charge in [0.15, 0.2) is 0 Å². The summed E-state index contributed by atoms with van der Waals surface area (Å²) in [6, 6.07) is 3.03. The highest BCUT2D eigenvalue weighted by molar-refractivity contribution is 7.89. The molecular weight excluding hydrogens is 309 g/mol. The van der Waals surface area contributed by atoms with E-state index in [0.717, 1.165) is 22.5 Å². The standard InChI is InChI=1S/C12H15ClFNO4S/c1-3-15(7-8(2)12(16)17)20(18,19)11-6-9(14)4-5-10(11)13/h4-6,8H,3,7H2,1-2H3,(H,16,17). The third-order valence-electron chi connectivity index (χ3n) is 2.76. The second kappa shape index (κ2) is 6.51. The van der Waals surface area contributed by atoms with Crippen molar-refractivity contribution in [3.63, 3.8) is 0 Å². The van der Waals surface area contributed by atoms with Gasteiger partial charge in [0, 0.05) is 13.1 Å². The topological polar surface area (TPSA) is 74.7 Å². The molecule has 0 heterocycles. The number of benzene rings is 1. The normalized spacial score (nSPS) is 13.4. The van der Waals surface area contributed by atoms with E-state index in [1.54, 1.807) is 6.92 Å². The highest BCUT2D eigenvalue weighted by atomic mass is 35.5. The molecule has 0 radical (unpaired) electrons. The maximum Gasteiger partial charge on any atom is 0.307 e. The van der Waals surface area contributed by atoms with Gasteiger partial charge in [-0.25, -0.2) is 12.8 Å². The van der Waals surface area contributed by atoms with Crippen LogP contribution in [-0.4, -0.2) is 36.9 Å². The summed E-state index contributed by atoms with van der Waals surface area (Å²) in [6.07, 6.45) is 0. The molecule has 20 heavy (non-hydrogen) atoms. The summed E-state index contributed by atoms with van der Waals surface area (Å²) >= 11 is 5.79. The van der Waals surface area contributed by atoms with Crippen molar-refractivity contribution in [1.82, 2.24) is 4.31 Å². The Kier molecular flexibility index (Phi) is 5.50. The molecule has 0 spiro atoms. The number of aliphatic carboxylic acids is 1. The van der Waals surface area contributed by atoms with E-state index in [1.165, 1.54) is 6.92 Å². The molecule has 0 aliphatic rings. The van der Waals surface area contributed by atoms with Gasteiger partial charge in [-0.05, 0) is 18.2 Å². The fourth-order valence-corrected chi connectivity index (χ4v) is 3.62. The molecule has 0 aliphatic carbocycles. The van der Waals surface area contributed by atoms with Crippen LogP contribution in [0.25, 0.3) is 0 Å². The van der Waals surface area contributed by atoms with Crippen molar-refractivity contribution in [3.05, 3.63) is 29.0 Å². The highest BCUT2D eigenvalue weighted by Crippen LogP contribution is 2.26. The zero-order chi connectivity index (χ0) is 15.5. The summed E-state index contributed by atoms with van der Waals surface area (Å²) in [4.78, 5) is 10.5. The number of rotatable bonds is 6. The lowest BCUT2D eigenvalue weighted by Crippen LogP contribution is -2.36. The third kappa shape index (κ3) is 3.68. The van der Waals surface area contributed by atoms with Crippen LogP contribution in [0.5, 0.6) is 0 Å².